The summed E-state index contributed by atoms with van der Waals surface area (Å²) in [5, 5.41) is 5.93. The van der Waals surface area contributed by atoms with E-state index in [1.165, 1.54) is 0 Å². The predicted octanol–water partition coefficient (Wildman–Crippen LogP) is -0.829. The van der Waals surface area contributed by atoms with Crippen molar-refractivity contribution in [2.24, 2.45) is 5.84 Å². The summed E-state index contributed by atoms with van der Waals surface area (Å²) >= 11 is 2.98. The fraction of sp³-hybridized carbons (Fsp3) is 0. The smallest absolute Gasteiger partial charge is 0.287 e. The normalized spacial score (nSPS) is 9.40. The number of aromatic amines is 1. The standard InChI is InChI=1S/C3H4BrN5O/c4-3-6-1(8-9-3)2(10)7-5/h5H2,(H,7,10)(H,6,8,9). The lowest BCUT2D eigenvalue weighted by molar-refractivity contribution is 0.0943. The number of rotatable bonds is 1. The Morgan fingerprint density at radius 2 is 2.50 bits per heavy atom. The second-order valence-electron chi connectivity index (χ2n) is 1.42. The molecule has 0 saturated heterocycles. The van der Waals surface area contributed by atoms with E-state index in [4.69, 9.17) is 5.84 Å². The molecule has 0 aliphatic rings. The van der Waals surface area contributed by atoms with Crippen LogP contribution in [0, 0.1) is 0 Å². The van der Waals surface area contributed by atoms with Crippen LogP contribution in [0.3, 0.4) is 0 Å². The van der Waals surface area contributed by atoms with Gasteiger partial charge in [-0.15, -0.1) is 5.10 Å². The Labute approximate surface area is 64.3 Å². The van der Waals surface area contributed by atoms with Crippen molar-refractivity contribution in [2.45, 2.75) is 0 Å². The molecule has 0 bridgehead atoms. The van der Waals surface area contributed by atoms with Crippen LogP contribution >= 0.6 is 15.9 Å². The highest BCUT2D eigenvalue weighted by atomic mass is 79.9. The van der Waals surface area contributed by atoms with Crippen molar-refractivity contribution in [1.29, 1.82) is 0 Å². The molecule has 0 radical (unpaired) electrons. The topological polar surface area (TPSA) is 96.7 Å². The van der Waals surface area contributed by atoms with Gasteiger partial charge in [0.2, 0.25) is 5.82 Å². The van der Waals surface area contributed by atoms with Crippen molar-refractivity contribution in [3.8, 4) is 0 Å². The summed E-state index contributed by atoms with van der Waals surface area (Å²) in [4.78, 5) is 14.3. The third-order valence-corrected chi connectivity index (χ3v) is 1.15. The van der Waals surface area contributed by atoms with Gasteiger partial charge in [-0.1, -0.05) is 0 Å². The van der Waals surface area contributed by atoms with Crippen LogP contribution in [0.1, 0.15) is 10.6 Å². The maximum absolute atomic E-state index is 10.6. The zero-order valence-corrected chi connectivity index (χ0v) is 6.34. The average Bonchev–Trinajstić information content (AvgIpc) is 2.34. The molecule has 6 nitrogen and oxygen atoms in total. The number of H-pyrrole nitrogens is 1. The summed E-state index contributed by atoms with van der Waals surface area (Å²) < 4.78 is 0.395. The van der Waals surface area contributed by atoms with E-state index in [9.17, 15) is 4.79 Å². The first-order valence-corrected chi connectivity index (χ1v) is 3.12. The van der Waals surface area contributed by atoms with Crippen LogP contribution in [0.2, 0.25) is 0 Å². The van der Waals surface area contributed by atoms with Crippen LogP contribution in [0.4, 0.5) is 0 Å². The molecular weight excluding hydrogens is 202 g/mol. The average molecular weight is 206 g/mol. The van der Waals surface area contributed by atoms with Gasteiger partial charge in [0.25, 0.3) is 0 Å². The summed E-state index contributed by atoms with van der Waals surface area (Å²) in [6, 6.07) is 0. The molecule has 0 aromatic carbocycles. The summed E-state index contributed by atoms with van der Waals surface area (Å²) in [6.45, 7) is 0. The van der Waals surface area contributed by atoms with Crippen LogP contribution in [0.25, 0.3) is 0 Å². The maximum Gasteiger partial charge on any atom is 0.304 e. The van der Waals surface area contributed by atoms with Crippen molar-refractivity contribution >= 4 is 21.8 Å². The molecule has 0 aliphatic carbocycles. The fourth-order valence-electron chi connectivity index (χ4n) is 0.408. The molecule has 1 amide bonds. The predicted molar refractivity (Wildman–Crippen MR) is 35.7 cm³/mol. The van der Waals surface area contributed by atoms with Gasteiger partial charge in [0.1, 0.15) is 0 Å². The van der Waals surface area contributed by atoms with E-state index in [-0.39, 0.29) is 5.82 Å². The second kappa shape index (κ2) is 2.76. The van der Waals surface area contributed by atoms with E-state index < -0.39 is 5.91 Å². The van der Waals surface area contributed by atoms with Gasteiger partial charge in [-0.2, -0.15) is 4.98 Å². The summed E-state index contributed by atoms with van der Waals surface area (Å²) in [7, 11) is 0. The molecule has 10 heavy (non-hydrogen) atoms. The van der Waals surface area contributed by atoms with Gasteiger partial charge in [0.15, 0.2) is 4.73 Å². The van der Waals surface area contributed by atoms with Gasteiger partial charge in [0, 0.05) is 0 Å². The van der Waals surface area contributed by atoms with Crippen LogP contribution < -0.4 is 11.3 Å². The van der Waals surface area contributed by atoms with Gasteiger partial charge < -0.3 is 0 Å². The van der Waals surface area contributed by atoms with Crippen LogP contribution in [0.15, 0.2) is 4.73 Å². The molecule has 1 aromatic rings. The van der Waals surface area contributed by atoms with E-state index in [1.807, 2.05) is 5.43 Å². The van der Waals surface area contributed by atoms with Gasteiger partial charge in [0.05, 0.1) is 0 Å². The number of hydrazine groups is 1. The van der Waals surface area contributed by atoms with Crippen molar-refractivity contribution < 1.29 is 4.79 Å². The molecule has 7 heteroatoms. The zero-order chi connectivity index (χ0) is 7.56. The molecule has 0 saturated carbocycles. The molecule has 0 unspecified atom stereocenters. The highest BCUT2D eigenvalue weighted by Crippen LogP contribution is 1.99. The van der Waals surface area contributed by atoms with Crippen LogP contribution in [-0.4, -0.2) is 21.1 Å². The quantitative estimate of drug-likeness (QED) is 0.317. The lowest BCUT2D eigenvalue weighted by Crippen LogP contribution is -2.30. The summed E-state index contributed by atoms with van der Waals surface area (Å²) in [5.41, 5.74) is 1.89. The third kappa shape index (κ3) is 1.31. The maximum atomic E-state index is 10.6. The zero-order valence-electron chi connectivity index (χ0n) is 4.76. The minimum absolute atomic E-state index is 0.00868. The Balaban J connectivity index is 2.85. The number of aromatic nitrogens is 3. The first kappa shape index (κ1) is 7.16. The van der Waals surface area contributed by atoms with Crippen molar-refractivity contribution in [1.82, 2.24) is 20.6 Å². The van der Waals surface area contributed by atoms with E-state index in [0.717, 1.165) is 0 Å². The molecule has 1 heterocycles. The van der Waals surface area contributed by atoms with Crippen molar-refractivity contribution in [3.05, 3.63) is 10.6 Å². The molecular formula is C3H4BrN5O. The first-order chi connectivity index (χ1) is 4.74. The molecule has 0 aliphatic heterocycles. The number of hydrogen-bond donors (Lipinski definition) is 3. The van der Waals surface area contributed by atoms with Crippen LogP contribution in [0.5, 0.6) is 0 Å². The summed E-state index contributed by atoms with van der Waals surface area (Å²) in [6.07, 6.45) is 0. The van der Waals surface area contributed by atoms with Gasteiger partial charge in [-0.3, -0.25) is 15.3 Å². The first-order valence-electron chi connectivity index (χ1n) is 2.33. The molecule has 54 valence electrons. The Morgan fingerprint density at radius 1 is 1.80 bits per heavy atom. The van der Waals surface area contributed by atoms with E-state index in [2.05, 4.69) is 31.1 Å². The van der Waals surface area contributed by atoms with Crippen molar-refractivity contribution in [3.63, 3.8) is 0 Å². The number of nitrogens with zero attached hydrogens (tertiary/aromatic N) is 2. The molecule has 1 aromatic heterocycles. The number of nitrogens with two attached hydrogens (primary N) is 1. The van der Waals surface area contributed by atoms with Gasteiger partial charge in [-0.05, 0) is 15.9 Å². The number of carbonyl (C=O) groups excluding carboxylic acids is 1. The number of halogens is 1. The van der Waals surface area contributed by atoms with Gasteiger partial charge in [-0.25, -0.2) is 5.84 Å². The Hall–Kier alpha value is -0.950. The molecule has 4 N–H and O–H groups in total. The lowest BCUT2D eigenvalue weighted by Gasteiger charge is -1.88. The summed E-state index contributed by atoms with van der Waals surface area (Å²) in [5.74, 6) is 4.29. The minimum Gasteiger partial charge on any atom is -0.287 e. The fourth-order valence-corrected chi connectivity index (χ4v) is 0.665. The number of amides is 1. The highest BCUT2D eigenvalue weighted by Gasteiger charge is 2.08. The number of hydrogen-bond acceptors (Lipinski definition) is 4. The lowest BCUT2D eigenvalue weighted by atomic mass is 10.6. The number of nitrogens with one attached hydrogen (secondary N) is 2. The highest BCUT2D eigenvalue weighted by molar-refractivity contribution is 9.10. The monoisotopic (exact) mass is 205 g/mol. The largest absolute Gasteiger partial charge is 0.304 e. The Morgan fingerprint density at radius 3 is 2.90 bits per heavy atom. The molecule has 0 atom stereocenters. The number of carbonyl (C=O) groups is 1. The van der Waals surface area contributed by atoms with Crippen molar-refractivity contribution in [2.75, 3.05) is 0 Å². The molecule has 1 rings (SSSR count). The second-order valence-corrected chi connectivity index (χ2v) is 2.17. The SMILES string of the molecule is NNC(=O)c1n[nH]c(Br)n1. The molecule has 0 fully saturated rings. The van der Waals surface area contributed by atoms with E-state index in [1.54, 1.807) is 0 Å². The minimum atomic E-state index is -0.526. The number of nitrogen functional groups attached to an aromatic ring is 1. The van der Waals surface area contributed by atoms with E-state index >= 15 is 0 Å². The Kier molecular flexibility index (Phi) is 1.97. The van der Waals surface area contributed by atoms with Crippen LogP contribution in [-0.2, 0) is 0 Å². The van der Waals surface area contributed by atoms with E-state index in [0.29, 0.717) is 4.73 Å². The van der Waals surface area contributed by atoms with Gasteiger partial charge >= 0.3 is 5.91 Å². The third-order valence-electron chi connectivity index (χ3n) is 0.792. The molecule has 0 spiro atoms. The Bertz CT molecular complexity index is 245.